The summed E-state index contributed by atoms with van der Waals surface area (Å²) in [7, 11) is 4.59. The first-order valence-corrected chi connectivity index (χ1v) is 9.56. The highest BCUT2D eigenvalue weighted by molar-refractivity contribution is 7.99. The van der Waals surface area contributed by atoms with Crippen molar-refractivity contribution in [3.63, 3.8) is 0 Å². The lowest BCUT2D eigenvalue weighted by molar-refractivity contribution is -0.121. The molecule has 0 saturated heterocycles. The molecule has 1 amide bonds. The molecule has 2 aromatic rings. The normalized spacial score (nSPS) is 15.6. The molecule has 0 saturated carbocycles. The Balaban J connectivity index is 1.79. The van der Waals surface area contributed by atoms with E-state index in [1.54, 1.807) is 25.3 Å². The lowest BCUT2D eigenvalue weighted by Gasteiger charge is -2.26. The number of hydrogen-bond donors (Lipinski definition) is 1. The minimum atomic E-state index is -0.238. The van der Waals surface area contributed by atoms with Gasteiger partial charge in [0.15, 0.2) is 11.5 Å². The lowest BCUT2D eigenvalue weighted by Crippen LogP contribution is -2.32. The maximum absolute atomic E-state index is 14.0. The van der Waals surface area contributed by atoms with E-state index in [-0.39, 0.29) is 24.2 Å². The minimum Gasteiger partial charge on any atom is -0.493 e. The van der Waals surface area contributed by atoms with Crippen LogP contribution in [0.4, 0.5) is 4.39 Å². The van der Waals surface area contributed by atoms with Gasteiger partial charge in [-0.25, -0.2) is 4.39 Å². The summed E-state index contributed by atoms with van der Waals surface area (Å²) in [6, 6.07) is 8.32. The monoisotopic (exact) mass is 391 g/mol. The summed E-state index contributed by atoms with van der Waals surface area (Å²) in [5.41, 5.74) is 1.52. The SMILES string of the molecule is COc1ccc(CC(=O)N[C@H]2CCSc3c(F)cccc32)c(OC)c1OC. The number of rotatable bonds is 6. The highest BCUT2D eigenvalue weighted by atomic mass is 32.2. The van der Waals surface area contributed by atoms with E-state index in [9.17, 15) is 9.18 Å². The largest absolute Gasteiger partial charge is 0.493 e. The predicted octanol–water partition coefficient (Wildman–Crippen LogP) is 3.75. The summed E-state index contributed by atoms with van der Waals surface area (Å²) in [4.78, 5) is 13.3. The van der Waals surface area contributed by atoms with Crippen LogP contribution in [0.25, 0.3) is 0 Å². The van der Waals surface area contributed by atoms with Gasteiger partial charge in [-0.05, 0) is 24.1 Å². The average molecular weight is 391 g/mol. The Morgan fingerprint density at radius 3 is 2.63 bits per heavy atom. The second kappa shape index (κ2) is 8.52. The first-order chi connectivity index (χ1) is 13.1. The Morgan fingerprint density at radius 1 is 1.15 bits per heavy atom. The van der Waals surface area contributed by atoms with Crippen LogP contribution in [-0.2, 0) is 11.2 Å². The van der Waals surface area contributed by atoms with Gasteiger partial charge in [0, 0.05) is 16.2 Å². The number of halogens is 1. The van der Waals surface area contributed by atoms with Crippen LogP contribution in [0.2, 0.25) is 0 Å². The quantitative estimate of drug-likeness (QED) is 0.813. The number of carbonyl (C=O) groups is 1. The molecular weight excluding hydrogens is 369 g/mol. The molecule has 1 N–H and O–H groups in total. The summed E-state index contributed by atoms with van der Waals surface area (Å²) in [6.07, 6.45) is 0.883. The molecule has 0 aromatic heterocycles. The number of thioether (sulfide) groups is 1. The van der Waals surface area contributed by atoms with Gasteiger partial charge in [-0.15, -0.1) is 11.8 Å². The third-order valence-corrected chi connectivity index (χ3v) is 5.66. The van der Waals surface area contributed by atoms with Crippen LogP contribution in [0.3, 0.4) is 0 Å². The van der Waals surface area contributed by atoms with Crippen LogP contribution in [0.5, 0.6) is 17.2 Å². The van der Waals surface area contributed by atoms with Gasteiger partial charge in [-0.1, -0.05) is 18.2 Å². The minimum absolute atomic E-state index is 0.123. The Labute approximate surface area is 162 Å². The molecule has 0 radical (unpaired) electrons. The Hall–Kier alpha value is -2.41. The van der Waals surface area contributed by atoms with Crippen LogP contribution in [0.1, 0.15) is 23.6 Å². The van der Waals surface area contributed by atoms with Crippen LogP contribution >= 0.6 is 11.8 Å². The molecule has 1 aliphatic rings. The number of ether oxygens (including phenoxy) is 3. The van der Waals surface area contributed by atoms with E-state index in [0.29, 0.717) is 27.7 Å². The summed E-state index contributed by atoms with van der Waals surface area (Å²) in [5, 5.41) is 3.02. The van der Waals surface area contributed by atoms with Crippen molar-refractivity contribution in [2.24, 2.45) is 0 Å². The van der Waals surface area contributed by atoms with Gasteiger partial charge in [-0.3, -0.25) is 4.79 Å². The first-order valence-electron chi connectivity index (χ1n) is 8.57. The van der Waals surface area contributed by atoms with E-state index in [2.05, 4.69) is 5.32 Å². The third-order valence-electron chi connectivity index (χ3n) is 4.50. The molecule has 0 fully saturated rings. The lowest BCUT2D eigenvalue weighted by atomic mass is 10.0. The molecule has 5 nitrogen and oxygen atoms in total. The number of carbonyl (C=O) groups excluding carboxylic acids is 1. The van der Waals surface area contributed by atoms with Crippen molar-refractivity contribution in [2.75, 3.05) is 27.1 Å². The molecular formula is C20H22FNO4S. The van der Waals surface area contributed by atoms with E-state index < -0.39 is 0 Å². The van der Waals surface area contributed by atoms with Crippen LogP contribution < -0.4 is 19.5 Å². The summed E-state index contributed by atoms with van der Waals surface area (Å²) >= 11 is 1.49. The number of nitrogens with one attached hydrogen (secondary N) is 1. The van der Waals surface area contributed by atoms with E-state index in [1.165, 1.54) is 32.0 Å². The molecule has 1 heterocycles. The van der Waals surface area contributed by atoms with Crippen LogP contribution in [0, 0.1) is 5.82 Å². The molecule has 0 aliphatic carbocycles. The van der Waals surface area contributed by atoms with Crippen molar-refractivity contribution in [1.29, 1.82) is 0 Å². The fraction of sp³-hybridized carbons (Fsp3) is 0.350. The van der Waals surface area contributed by atoms with E-state index in [4.69, 9.17) is 14.2 Å². The van der Waals surface area contributed by atoms with Gasteiger partial charge >= 0.3 is 0 Å². The van der Waals surface area contributed by atoms with E-state index in [1.807, 2.05) is 6.07 Å². The van der Waals surface area contributed by atoms with Crippen molar-refractivity contribution in [2.45, 2.75) is 23.8 Å². The summed E-state index contributed by atoms with van der Waals surface area (Å²) < 4.78 is 30.1. The van der Waals surface area contributed by atoms with Gasteiger partial charge in [0.2, 0.25) is 11.7 Å². The molecule has 0 unspecified atom stereocenters. The molecule has 0 bridgehead atoms. The Kier molecular flexibility index (Phi) is 6.11. The smallest absolute Gasteiger partial charge is 0.225 e. The molecule has 3 rings (SSSR count). The molecule has 0 spiro atoms. The number of benzene rings is 2. The standard InChI is InChI=1S/C20H22FNO4S/c1-24-16-8-7-12(18(25-2)19(16)26-3)11-17(23)22-15-9-10-27-20-13(15)5-4-6-14(20)21/h4-8,15H,9-11H2,1-3H3,(H,22,23)/t15-/m0/s1. The summed E-state index contributed by atoms with van der Waals surface area (Å²) in [5.74, 6) is 1.82. The second-order valence-electron chi connectivity index (χ2n) is 6.09. The fourth-order valence-electron chi connectivity index (χ4n) is 3.26. The second-order valence-corrected chi connectivity index (χ2v) is 7.19. The highest BCUT2D eigenvalue weighted by Crippen LogP contribution is 2.40. The van der Waals surface area contributed by atoms with Crippen molar-refractivity contribution in [1.82, 2.24) is 5.32 Å². The molecule has 2 aromatic carbocycles. The van der Waals surface area contributed by atoms with Crippen molar-refractivity contribution in [3.05, 3.63) is 47.3 Å². The average Bonchev–Trinajstić information content (AvgIpc) is 2.68. The van der Waals surface area contributed by atoms with E-state index >= 15 is 0 Å². The number of methoxy groups -OCH3 is 3. The van der Waals surface area contributed by atoms with Gasteiger partial charge in [0.05, 0.1) is 33.8 Å². The van der Waals surface area contributed by atoms with Crippen LogP contribution in [0.15, 0.2) is 35.2 Å². The van der Waals surface area contributed by atoms with Crippen molar-refractivity contribution >= 4 is 17.7 Å². The fourth-order valence-corrected chi connectivity index (χ4v) is 4.40. The van der Waals surface area contributed by atoms with Gasteiger partial charge in [0.1, 0.15) is 5.82 Å². The third kappa shape index (κ3) is 3.98. The molecule has 1 aliphatic heterocycles. The molecule has 7 heteroatoms. The molecule has 144 valence electrons. The van der Waals surface area contributed by atoms with Gasteiger partial charge in [0.25, 0.3) is 0 Å². The van der Waals surface area contributed by atoms with E-state index in [0.717, 1.165) is 17.7 Å². The highest BCUT2D eigenvalue weighted by Gasteiger charge is 2.25. The zero-order valence-corrected chi connectivity index (χ0v) is 16.3. The number of amides is 1. The maximum Gasteiger partial charge on any atom is 0.225 e. The zero-order chi connectivity index (χ0) is 19.4. The molecule has 1 atom stereocenters. The van der Waals surface area contributed by atoms with Crippen molar-refractivity contribution < 1.29 is 23.4 Å². The van der Waals surface area contributed by atoms with Gasteiger partial charge < -0.3 is 19.5 Å². The van der Waals surface area contributed by atoms with Crippen molar-refractivity contribution in [3.8, 4) is 17.2 Å². The summed E-state index contributed by atoms with van der Waals surface area (Å²) in [6.45, 7) is 0. The first kappa shape index (κ1) is 19.4. The Morgan fingerprint density at radius 2 is 1.93 bits per heavy atom. The molecule has 27 heavy (non-hydrogen) atoms. The number of hydrogen-bond acceptors (Lipinski definition) is 5. The number of fused-ring (bicyclic) bond motifs is 1. The maximum atomic E-state index is 14.0. The predicted molar refractivity (Wildman–Crippen MR) is 102 cm³/mol. The zero-order valence-electron chi connectivity index (χ0n) is 15.5. The van der Waals surface area contributed by atoms with Gasteiger partial charge in [-0.2, -0.15) is 0 Å². The van der Waals surface area contributed by atoms with Crippen LogP contribution in [-0.4, -0.2) is 33.0 Å². The topological polar surface area (TPSA) is 56.8 Å². The Bertz CT molecular complexity index is 843.